The fourth-order valence-electron chi connectivity index (χ4n) is 5.26. The average molecular weight is 663 g/mol. The zero-order valence-electron chi connectivity index (χ0n) is 25.6. The summed E-state index contributed by atoms with van der Waals surface area (Å²) in [6.45, 7) is 6.50. The molecule has 2 aliphatic heterocycles. The van der Waals surface area contributed by atoms with Crippen LogP contribution in [0.5, 0.6) is 0 Å². The van der Waals surface area contributed by atoms with Crippen molar-refractivity contribution in [2.75, 3.05) is 46.0 Å². The Morgan fingerprint density at radius 1 is 0.957 bits per heavy atom. The van der Waals surface area contributed by atoms with Gasteiger partial charge in [-0.2, -0.15) is 13.2 Å². The van der Waals surface area contributed by atoms with Crippen molar-refractivity contribution < 1.29 is 54.9 Å². The summed E-state index contributed by atoms with van der Waals surface area (Å²) in [6, 6.07) is 0.489. The minimum absolute atomic E-state index is 0.0635. The summed E-state index contributed by atoms with van der Waals surface area (Å²) in [5.41, 5.74) is -2.73. The van der Waals surface area contributed by atoms with E-state index in [-0.39, 0.29) is 43.1 Å². The van der Waals surface area contributed by atoms with Crippen molar-refractivity contribution in [2.45, 2.75) is 64.5 Å². The maximum atomic E-state index is 14.5. The number of fused-ring (bicyclic) bond motifs is 1. The highest BCUT2D eigenvalue weighted by molar-refractivity contribution is 5.91. The zero-order chi connectivity index (χ0) is 33.8. The van der Waals surface area contributed by atoms with Crippen LogP contribution in [0.2, 0.25) is 0 Å². The lowest BCUT2D eigenvalue weighted by Gasteiger charge is -2.32. The predicted molar refractivity (Wildman–Crippen MR) is 150 cm³/mol. The molecule has 4 rings (SSSR count). The second-order valence-electron chi connectivity index (χ2n) is 12.1. The summed E-state index contributed by atoms with van der Waals surface area (Å²) < 4.78 is 100. The van der Waals surface area contributed by atoms with Crippen LogP contribution in [0, 0.1) is 17.5 Å². The van der Waals surface area contributed by atoms with E-state index in [4.69, 9.17) is 14.2 Å². The van der Waals surface area contributed by atoms with Crippen molar-refractivity contribution in [1.29, 1.82) is 0 Å². The Morgan fingerprint density at radius 3 is 2.28 bits per heavy atom. The first-order valence-corrected chi connectivity index (χ1v) is 14.7. The van der Waals surface area contributed by atoms with Gasteiger partial charge in [-0.05, 0) is 44.9 Å². The molecule has 1 atom stereocenters. The van der Waals surface area contributed by atoms with E-state index in [1.165, 1.54) is 4.90 Å². The number of ether oxygens (including phenoxy) is 3. The smallest absolute Gasteiger partial charge is 0.431 e. The lowest BCUT2D eigenvalue weighted by atomic mass is 10.0. The molecule has 3 heterocycles. The largest absolute Gasteiger partial charge is 0.461 e. The first kappa shape index (κ1) is 35.1. The molecule has 1 saturated heterocycles. The third kappa shape index (κ3) is 9.15. The molecule has 1 fully saturated rings. The monoisotopic (exact) mass is 662 g/mol. The Labute approximate surface area is 261 Å². The van der Waals surface area contributed by atoms with Gasteiger partial charge in [0, 0.05) is 51.3 Å². The zero-order valence-corrected chi connectivity index (χ0v) is 25.6. The molecule has 16 heteroatoms. The molecular weight excluding hydrogens is 626 g/mol. The van der Waals surface area contributed by atoms with Gasteiger partial charge < -0.3 is 29.0 Å². The molecule has 2 amide bonds. The number of carbonyl (C=O) groups excluding carboxylic acids is 3. The van der Waals surface area contributed by atoms with Gasteiger partial charge in [-0.3, -0.25) is 9.69 Å². The first-order chi connectivity index (χ1) is 21.5. The lowest BCUT2D eigenvalue weighted by Crippen LogP contribution is -2.45. The van der Waals surface area contributed by atoms with Crippen LogP contribution in [0.4, 0.5) is 31.1 Å². The lowest BCUT2D eigenvalue weighted by molar-refractivity contribution is -0.144. The van der Waals surface area contributed by atoms with Gasteiger partial charge in [-0.25, -0.2) is 22.8 Å². The summed E-state index contributed by atoms with van der Waals surface area (Å²) in [7, 11) is 0. The third-order valence-corrected chi connectivity index (χ3v) is 7.45. The molecule has 2 aromatic rings. The number of rotatable bonds is 9. The Kier molecular flexibility index (Phi) is 10.9. The van der Waals surface area contributed by atoms with Crippen molar-refractivity contribution in [2.24, 2.45) is 0 Å². The number of alkyl carbamates (subject to hydrolysis) is 1. The quantitative estimate of drug-likeness (QED) is 0.243. The van der Waals surface area contributed by atoms with Crippen LogP contribution in [0.1, 0.15) is 54.5 Å². The highest BCUT2D eigenvalue weighted by atomic mass is 19.4. The number of nitrogens with zero attached hydrogens (tertiary/aromatic N) is 3. The van der Waals surface area contributed by atoms with Crippen molar-refractivity contribution in [3.8, 4) is 0 Å². The predicted octanol–water partition coefficient (Wildman–Crippen LogP) is 4.28. The van der Waals surface area contributed by atoms with E-state index in [0.29, 0.717) is 51.0 Å². The normalized spacial score (nSPS) is 16.5. The molecule has 0 aliphatic carbocycles. The molecule has 1 N–H and O–H groups in total. The third-order valence-electron chi connectivity index (χ3n) is 7.45. The molecule has 0 saturated carbocycles. The number of esters is 1. The van der Waals surface area contributed by atoms with Crippen LogP contribution in [0.25, 0.3) is 0 Å². The molecule has 0 unspecified atom stereocenters. The van der Waals surface area contributed by atoms with Crippen molar-refractivity contribution >= 4 is 18.0 Å². The molecule has 254 valence electrons. The van der Waals surface area contributed by atoms with Gasteiger partial charge in [-0.1, -0.05) is 0 Å². The number of alkyl halides is 3. The molecule has 0 bridgehead atoms. The highest BCUT2D eigenvalue weighted by Crippen LogP contribution is 2.35. The fourth-order valence-corrected chi connectivity index (χ4v) is 5.26. The summed E-state index contributed by atoms with van der Waals surface area (Å²) in [5, 5.41) is 2.44. The summed E-state index contributed by atoms with van der Waals surface area (Å²) in [4.78, 5) is 42.1. The number of carbonyl (C=O) groups is 3. The van der Waals surface area contributed by atoms with Crippen molar-refractivity contribution in [1.82, 2.24) is 19.7 Å². The van der Waals surface area contributed by atoms with E-state index >= 15 is 0 Å². The number of nitrogens with one attached hydrogen (secondary N) is 1. The van der Waals surface area contributed by atoms with Crippen LogP contribution in [-0.4, -0.2) is 90.0 Å². The number of amides is 2. The van der Waals surface area contributed by atoms with Crippen LogP contribution in [0.3, 0.4) is 0 Å². The van der Waals surface area contributed by atoms with Crippen LogP contribution < -0.4 is 5.32 Å². The summed E-state index contributed by atoms with van der Waals surface area (Å²) >= 11 is 0. The minimum Gasteiger partial charge on any atom is -0.461 e. The Bertz CT molecular complexity index is 1430. The maximum Gasteiger partial charge on any atom is 0.431 e. The number of aromatic nitrogens is 1. The molecule has 0 radical (unpaired) electrons. The van der Waals surface area contributed by atoms with Gasteiger partial charge in [0.05, 0.1) is 31.0 Å². The van der Waals surface area contributed by atoms with E-state index in [0.717, 1.165) is 4.57 Å². The standard InChI is InChI=1S/C30H36F6N4O6/c1-29(2,3)46-28(43)37-19(12-18-13-22(32)23(33)16-21(18)31)14-26(41)39-4-5-40-24(17-39)20(15-25(40)30(34,35)36)27(42)45-11-8-38-6-9-44-10-7-38/h13,15-16,19H,4-12,14,17H2,1-3H3,(H,37,43)/t19-/m1/s1. The number of hydrogen-bond donors (Lipinski definition) is 1. The molecule has 1 aromatic carbocycles. The van der Waals surface area contributed by atoms with Gasteiger partial charge in [-0.15, -0.1) is 0 Å². The van der Waals surface area contributed by atoms with Gasteiger partial charge in [0.1, 0.15) is 23.7 Å². The molecular formula is C30H36F6N4O6. The van der Waals surface area contributed by atoms with Gasteiger partial charge in [0.2, 0.25) is 5.91 Å². The molecule has 0 spiro atoms. The Balaban J connectivity index is 1.51. The average Bonchev–Trinajstić information content (AvgIpc) is 3.35. The second kappa shape index (κ2) is 14.3. The van der Waals surface area contributed by atoms with Crippen LogP contribution in [-0.2, 0) is 44.7 Å². The van der Waals surface area contributed by atoms with Crippen molar-refractivity contribution in [3.63, 3.8) is 0 Å². The Morgan fingerprint density at radius 2 is 1.63 bits per heavy atom. The van der Waals surface area contributed by atoms with Crippen molar-refractivity contribution in [3.05, 3.63) is 58.2 Å². The van der Waals surface area contributed by atoms with E-state index in [1.807, 2.05) is 4.90 Å². The first-order valence-electron chi connectivity index (χ1n) is 14.7. The van der Waals surface area contributed by atoms with E-state index in [2.05, 4.69) is 5.32 Å². The molecule has 1 aromatic heterocycles. The fraction of sp³-hybridized carbons (Fsp3) is 0.567. The SMILES string of the molecule is CC(C)(C)OC(=O)N[C@@H](CC(=O)N1CCn2c(C(F)(F)F)cc(C(=O)OCCN3CCOCC3)c2C1)Cc1cc(F)c(F)cc1F. The number of hydrogen-bond acceptors (Lipinski definition) is 7. The van der Waals surface area contributed by atoms with E-state index in [9.17, 15) is 40.7 Å². The highest BCUT2D eigenvalue weighted by Gasteiger charge is 2.40. The molecule has 10 nitrogen and oxygen atoms in total. The van der Waals surface area contributed by atoms with Gasteiger partial charge in [0.15, 0.2) is 11.6 Å². The minimum atomic E-state index is -4.79. The van der Waals surface area contributed by atoms with Gasteiger partial charge >= 0.3 is 18.2 Å². The number of morpholine rings is 1. The number of halogens is 6. The summed E-state index contributed by atoms with van der Waals surface area (Å²) in [6.07, 6.45) is -6.68. The van der Waals surface area contributed by atoms with E-state index in [1.54, 1.807) is 20.8 Å². The summed E-state index contributed by atoms with van der Waals surface area (Å²) in [5.74, 6) is -5.48. The Hall–Kier alpha value is -3.79. The topological polar surface area (TPSA) is 102 Å². The molecule has 2 aliphatic rings. The maximum absolute atomic E-state index is 14.5. The van der Waals surface area contributed by atoms with Crippen LogP contribution >= 0.6 is 0 Å². The van der Waals surface area contributed by atoms with E-state index < -0.39 is 71.8 Å². The second-order valence-corrected chi connectivity index (χ2v) is 12.1. The van der Waals surface area contributed by atoms with Crippen LogP contribution in [0.15, 0.2) is 18.2 Å². The number of benzene rings is 1. The van der Waals surface area contributed by atoms with Gasteiger partial charge in [0.25, 0.3) is 0 Å². The molecule has 46 heavy (non-hydrogen) atoms.